The lowest BCUT2D eigenvalue weighted by atomic mass is 9.81. The van der Waals surface area contributed by atoms with Crippen molar-refractivity contribution >= 4 is 17.2 Å². The number of ether oxygens (including phenoxy) is 2. The molecule has 5 rings (SSSR count). The number of carbonyl (C=O) groups excluding carboxylic acids is 1. The summed E-state index contributed by atoms with van der Waals surface area (Å²) in [6, 6.07) is 5.79. The number of carbonyl (C=O) groups is 1. The summed E-state index contributed by atoms with van der Waals surface area (Å²) >= 11 is 0. The standard InChI is InChI=1S/C26H33N5O4/c1-26(2,3)35-20-10-17(11-20)25(33)29-23-12-19-9-16(7-8-31(19)30-23)18-13-27-24(28-14-18)15-34-22-6-4-5-21(22)32/h7-9,12-14,17,20-22,32H,4-6,10-11,15H2,1-3H3,(H,29,30,33)/t17?,20?,21-,22-/m0/s1. The van der Waals surface area contributed by atoms with Crippen molar-refractivity contribution in [2.45, 2.75) is 83.4 Å². The molecule has 0 unspecified atom stereocenters. The van der Waals surface area contributed by atoms with Crippen LogP contribution in [0.15, 0.2) is 36.8 Å². The maximum absolute atomic E-state index is 12.6. The van der Waals surface area contributed by atoms with Gasteiger partial charge in [0, 0.05) is 36.1 Å². The minimum absolute atomic E-state index is 0.0151. The molecule has 0 aromatic carbocycles. The molecule has 186 valence electrons. The fourth-order valence-electron chi connectivity index (χ4n) is 4.70. The molecule has 3 heterocycles. The fourth-order valence-corrected chi connectivity index (χ4v) is 4.70. The third-order valence-corrected chi connectivity index (χ3v) is 6.58. The number of amides is 1. The van der Waals surface area contributed by atoms with Crippen LogP contribution in [-0.2, 0) is 20.9 Å². The molecule has 2 atom stereocenters. The van der Waals surface area contributed by atoms with Crippen molar-refractivity contribution < 1.29 is 19.4 Å². The fraction of sp³-hybridized carbons (Fsp3) is 0.538. The van der Waals surface area contributed by atoms with E-state index >= 15 is 0 Å². The Balaban J connectivity index is 1.18. The smallest absolute Gasteiger partial charge is 0.228 e. The van der Waals surface area contributed by atoms with E-state index in [4.69, 9.17) is 9.47 Å². The second kappa shape index (κ2) is 9.64. The maximum atomic E-state index is 12.6. The van der Waals surface area contributed by atoms with Gasteiger partial charge in [-0.25, -0.2) is 14.5 Å². The van der Waals surface area contributed by atoms with Crippen molar-refractivity contribution in [3.8, 4) is 11.1 Å². The highest BCUT2D eigenvalue weighted by atomic mass is 16.5. The molecule has 0 bridgehead atoms. The molecule has 3 aromatic rings. The van der Waals surface area contributed by atoms with Crippen LogP contribution in [0.4, 0.5) is 5.82 Å². The Labute approximate surface area is 204 Å². The number of hydrogen-bond donors (Lipinski definition) is 2. The first-order valence-corrected chi connectivity index (χ1v) is 12.3. The average Bonchev–Trinajstić information content (AvgIpc) is 3.38. The van der Waals surface area contributed by atoms with Gasteiger partial charge in [0.05, 0.1) is 29.4 Å². The van der Waals surface area contributed by atoms with Gasteiger partial charge in [0.15, 0.2) is 11.6 Å². The molecule has 0 radical (unpaired) electrons. The van der Waals surface area contributed by atoms with E-state index in [0.29, 0.717) is 11.6 Å². The van der Waals surface area contributed by atoms with Gasteiger partial charge < -0.3 is 19.9 Å². The molecule has 2 saturated carbocycles. The van der Waals surface area contributed by atoms with Crippen LogP contribution in [0.3, 0.4) is 0 Å². The highest BCUT2D eigenvalue weighted by Gasteiger charge is 2.37. The van der Waals surface area contributed by atoms with E-state index in [1.54, 1.807) is 16.9 Å². The monoisotopic (exact) mass is 479 g/mol. The van der Waals surface area contributed by atoms with Crippen LogP contribution in [0.25, 0.3) is 16.6 Å². The molecule has 9 nitrogen and oxygen atoms in total. The summed E-state index contributed by atoms with van der Waals surface area (Å²) < 4.78 is 13.4. The van der Waals surface area contributed by atoms with Crippen molar-refractivity contribution in [2.75, 3.05) is 5.32 Å². The number of aliphatic hydroxyl groups excluding tert-OH is 1. The predicted molar refractivity (Wildman–Crippen MR) is 131 cm³/mol. The predicted octanol–water partition coefficient (Wildman–Crippen LogP) is 3.75. The molecular formula is C26H33N5O4. The summed E-state index contributed by atoms with van der Waals surface area (Å²) in [5, 5.41) is 17.3. The molecule has 2 aliphatic carbocycles. The number of nitrogens with zero attached hydrogens (tertiary/aromatic N) is 4. The Morgan fingerprint density at radius 1 is 1.17 bits per heavy atom. The molecule has 2 aliphatic rings. The molecule has 0 saturated heterocycles. The first-order valence-electron chi connectivity index (χ1n) is 12.3. The van der Waals surface area contributed by atoms with Gasteiger partial charge in [-0.1, -0.05) is 0 Å². The van der Waals surface area contributed by atoms with Crippen molar-refractivity contribution in [3.05, 3.63) is 42.6 Å². The summed E-state index contributed by atoms with van der Waals surface area (Å²) in [5.41, 5.74) is 2.50. The molecule has 2 fully saturated rings. The third kappa shape index (κ3) is 5.69. The normalized spacial score (nSPS) is 24.5. The number of rotatable bonds is 7. The van der Waals surface area contributed by atoms with Gasteiger partial charge in [-0.15, -0.1) is 0 Å². The average molecular weight is 480 g/mol. The third-order valence-electron chi connectivity index (χ3n) is 6.58. The van der Waals surface area contributed by atoms with E-state index < -0.39 is 0 Å². The lowest BCUT2D eigenvalue weighted by molar-refractivity contribution is -0.140. The second-order valence-corrected chi connectivity index (χ2v) is 10.6. The maximum Gasteiger partial charge on any atom is 0.228 e. The molecular weight excluding hydrogens is 446 g/mol. The minimum Gasteiger partial charge on any atom is -0.390 e. The quantitative estimate of drug-likeness (QED) is 0.531. The minimum atomic E-state index is -0.389. The Kier molecular flexibility index (Phi) is 6.57. The molecule has 35 heavy (non-hydrogen) atoms. The molecule has 0 aliphatic heterocycles. The van der Waals surface area contributed by atoms with Crippen molar-refractivity contribution in [1.82, 2.24) is 19.6 Å². The van der Waals surface area contributed by atoms with Crippen LogP contribution >= 0.6 is 0 Å². The summed E-state index contributed by atoms with van der Waals surface area (Å²) in [6.07, 6.45) is 9.16. The Morgan fingerprint density at radius 2 is 1.94 bits per heavy atom. The number of fused-ring (bicyclic) bond motifs is 1. The molecule has 9 heteroatoms. The summed E-state index contributed by atoms with van der Waals surface area (Å²) in [6.45, 7) is 6.38. The number of anilines is 1. The highest BCUT2D eigenvalue weighted by molar-refractivity contribution is 5.93. The summed E-state index contributed by atoms with van der Waals surface area (Å²) in [5.74, 6) is 1.07. The van der Waals surface area contributed by atoms with E-state index in [0.717, 1.165) is 48.7 Å². The van der Waals surface area contributed by atoms with Crippen LogP contribution in [0.1, 0.15) is 58.7 Å². The zero-order valence-electron chi connectivity index (χ0n) is 20.5. The number of aromatic nitrogens is 4. The van der Waals surface area contributed by atoms with Gasteiger partial charge in [-0.3, -0.25) is 4.79 Å². The Morgan fingerprint density at radius 3 is 2.63 bits per heavy atom. The van der Waals surface area contributed by atoms with Gasteiger partial charge in [-0.2, -0.15) is 5.10 Å². The zero-order valence-corrected chi connectivity index (χ0v) is 20.5. The van der Waals surface area contributed by atoms with Gasteiger partial charge in [0.1, 0.15) is 6.61 Å². The van der Waals surface area contributed by atoms with E-state index in [9.17, 15) is 9.90 Å². The van der Waals surface area contributed by atoms with Gasteiger partial charge in [0.25, 0.3) is 0 Å². The van der Waals surface area contributed by atoms with E-state index in [-0.39, 0.29) is 42.3 Å². The zero-order chi connectivity index (χ0) is 24.6. The number of pyridine rings is 1. The van der Waals surface area contributed by atoms with Crippen LogP contribution in [-0.4, -0.2) is 54.5 Å². The lowest BCUT2D eigenvalue weighted by Crippen LogP contribution is -2.42. The Bertz CT molecular complexity index is 1180. The topological polar surface area (TPSA) is 111 Å². The van der Waals surface area contributed by atoms with Crippen LogP contribution in [0.5, 0.6) is 0 Å². The van der Waals surface area contributed by atoms with Crippen molar-refractivity contribution in [3.63, 3.8) is 0 Å². The van der Waals surface area contributed by atoms with Gasteiger partial charge in [-0.05, 0) is 70.6 Å². The van der Waals surface area contributed by atoms with Gasteiger partial charge >= 0.3 is 0 Å². The molecule has 2 N–H and O–H groups in total. The van der Waals surface area contributed by atoms with Crippen LogP contribution in [0.2, 0.25) is 0 Å². The Hall–Kier alpha value is -2.88. The molecule has 1 amide bonds. The van der Waals surface area contributed by atoms with E-state index in [1.807, 2.05) is 45.2 Å². The SMILES string of the molecule is CC(C)(C)OC1CC(C(=O)Nc2cc3cc(-c4cnc(CO[C@H]5CCC[C@@H]5O)nc4)ccn3n2)C1. The lowest BCUT2D eigenvalue weighted by Gasteiger charge is -2.38. The number of nitrogens with one attached hydrogen (secondary N) is 1. The largest absolute Gasteiger partial charge is 0.390 e. The summed E-state index contributed by atoms with van der Waals surface area (Å²) in [7, 11) is 0. The van der Waals surface area contributed by atoms with E-state index in [2.05, 4.69) is 20.4 Å². The number of hydrogen-bond acceptors (Lipinski definition) is 7. The number of aliphatic hydroxyl groups is 1. The second-order valence-electron chi connectivity index (χ2n) is 10.6. The summed E-state index contributed by atoms with van der Waals surface area (Å²) in [4.78, 5) is 21.4. The van der Waals surface area contributed by atoms with E-state index in [1.165, 1.54) is 0 Å². The van der Waals surface area contributed by atoms with Crippen molar-refractivity contribution in [2.24, 2.45) is 5.92 Å². The first-order chi connectivity index (χ1) is 16.7. The van der Waals surface area contributed by atoms with Gasteiger partial charge in [0.2, 0.25) is 5.91 Å². The molecule has 3 aromatic heterocycles. The van der Waals surface area contributed by atoms with Crippen molar-refractivity contribution in [1.29, 1.82) is 0 Å². The van der Waals surface area contributed by atoms with Crippen LogP contribution in [0, 0.1) is 5.92 Å². The highest BCUT2D eigenvalue weighted by Crippen LogP contribution is 2.34. The first kappa shape index (κ1) is 23.8. The van der Waals surface area contributed by atoms with Crippen LogP contribution < -0.4 is 5.32 Å². The molecule has 0 spiro atoms.